The van der Waals surface area contributed by atoms with Gasteiger partial charge in [-0.3, -0.25) is 4.79 Å². The first-order chi connectivity index (χ1) is 10.6. The fraction of sp³-hybridized carbons (Fsp3) is 0.611. The smallest absolute Gasteiger partial charge is 0.306 e. The van der Waals surface area contributed by atoms with E-state index in [4.69, 9.17) is 5.11 Å². The van der Waals surface area contributed by atoms with Crippen LogP contribution in [0, 0.1) is 5.92 Å². The molecule has 2 N–H and O–H groups in total. The van der Waals surface area contributed by atoms with Crippen LogP contribution in [0.2, 0.25) is 0 Å². The van der Waals surface area contributed by atoms with E-state index in [1.54, 1.807) is 12.1 Å². The zero-order valence-corrected chi connectivity index (χ0v) is 12.9. The minimum absolute atomic E-state index is 0.146. The van der Waals surface area contributed by atoms with Crippen molar-refractivity contribution in [1.29, 1.82) is 0 Å². The third-order valence-corrected chi connectivity index (χ3v) is 5.41. The Hall–Kier alpha value is -1.55. The van der Waals surface area contributed by atoms with Gasteiger partial charge in [0.05, 0.1) is 5.92 Å². The molecule has 4 nitrogen and oxygen atoms in total. The largest absolute Gasteiger partial charge is 0.508 e. The molecule has 0 spiro atoms. The van der Waals surface area contributed by atoms with Crippen molar-refractivity contribution in [2.45, 2.75) is 50.5 Å². The Labute approximate surface area is 131 Å². The number of benzene rings is 1. The van der Waals surface area contributed by atoms with E-state index in [2.05, 4.69) is 4.90 Å². The number of nitrogens with zero attached hydrogens (tertiary/aromatic N) is 1. The first-order valence-electron chi connectivity index (χ1n) is 8.39. The number of phenols is 1. The van der Waals surface area contributed by atoms with E-state index in [0.29, 0.717) is 17.7 Å². The highest BCUT2D eigenvalue weighted by Crippen LogP contribution is 2.36. The topological polar surface area (TPSA) is 60.8 Å². The van der Waals surface area contributed by atoms with Crippen LogP contribution >= 0.6 is 0 Å². The fourth-order valence-corrected chi connectivity index (χ4v) is 4.06. The minimum atomic E-state index is -0.634. The second-order valence-electron chi connectivity index (χ2n) is 6.76. The summed E-state index contributed by atoms with van der Waals surface area (Å²) in [5.74, 6) is 0.112. The van der Waals surface area contributed by atoms with Gasteiger partial charge in [0.1, 0.15) is 5.75 Å². The Morgan fingerprint density at radius 1 is 1.05 bits per heavy atom. The Kier molecular flexibility index (Phi) is 4.67. The molecule has 0 radical (unpaired) electrons. The summed E-state index contributed by atoms with van der Waals surface area (Å²) < 4.78 is 0. The minimum Gasteiger partial charge on any atom is -0.508 e. The van der Waals surface area contributed by atoms with Gasteiger partial charge in [-0.15, -0.1) is 0 Å². The van der Waals surface area contributed by atoms with Crippen molar-refractivity contribution in [2.75, 3.05) is 13.1 Å². The van der Waals surface area contributed by atoms with Gasteiger partial charge < -0.3 is 15.1 Å². The van der Waals surface area contributed by atoms with Gasteiger partial charge in [0, 0.05) is 6.04 Å². The molecule has 2 aliphatic rings. The molecule has 3 rings (SSSR count). The van der Waals surface area contributed by atoms with Crippen molar-refractivity contribution in [3.8, 4) is 5.75 Å². The maximum atomic E-state index is 11.1. The molecule has 2 unspecified atom stereocenters. The fourth-order valence-electron chi connectivity index (χ4n) is 4.06. The lowest BCUT2D eigenvalue weighted by molar-refractivity contribution is -0.143. The summed E-state index contributed by atoms with van der Waals surface area (Å²) in [6, 6.07) is 8.22. The van der Waals surface area contributed by atoms with Gasteiger partial charge >= 0.3 is 5.97 Å². The Morgan fingerprint density at radius 3 is 2.36 bits per heavy atom. The van der Waals surface area contributed by atoms with Crippen LogP contribution in [0.4, 0.5) is 0 Å². The summed E-state index contributed by atoms with van der Waals surface area (Å²) in [7, 11) is 0. The molecule has 4 heteroatoms. The molecule has 1 aliphatic carbocycles. The number of hydrogen-bond acceptors (Lipinski definition) is 3. The van der Waals surface area contributed by atoms with E-state index in [1.165, 1.54) is 24.8 Å². The van der Waals surface area contributed by atoms with E-state index in [1.807, 2.05) is 12.1 Å². The van der Waals surface area contributed by atoms with Crippen LogP contribution in [-0.2, 0) is 4.79 Å². The molecule has 22 heavy (non-hydrogen) atoms. The summed E-state index contributed by atoms with van der Waals surface area (Å²) >= 11 is 0. The van der Waals surface area contributed by atoms with Gasteiger partial charge in [0.2, 0.25) is 0 Å². The quantitative estimate of drug-likeness (QED) is 0.900. The predicted octanol–water partition coefficient (Wildman–Crippen LogP) is 3.22. The van der Waals surface area contributed by atoms with Gasteiger partial charge in [-0.2, -0.15) is 0 Å². The summed E-state index contributed by atoms with van der Waals surface area (Å²) in [5.41, 5.74) is 1.32. The van der Waals surface area contributed by atoms with E-state index in [-0.39, 0.29) is 5.92 Å². The number of hydrogen-bond donors (Lipinski definition) is 2. The lowest BCUT2D eigenvalue weighted by Gasteiger charge is -2.40. The second kappa shape index (κ2) is 6.69. The van der Waals surface area contributed by atoms with Gasteiger partial charge in [-0.25, -0.2) is 0 Å². The standard InChI is InChI=1S/C18H25NO3/c20-17-6-4-13(5-7-17)15-2-1-3-16(12-15)19-10-8-14(9-11-19)18(21)22/h4-7,14-16,20H,1-3,8-12H2,(H,21,22). The highest BCUT2D eigenvalue weighted by atomic mass is 16.4. The Morgan fingerprint density at radius 2 is 1.73 bits per heavy atom. The van der Waals surface area contributed by atoms with Crippen LogP contribution in [0.3, 0.4) is 0 Å². The number of likely N-dealkylation sites (tertiary alicyclic amines) is 1. The molecule has 0 aromatic heterocycles. The van der Waals surface area contributed by atoms with Gasteiger partial charge in [-0.05, 0) is 68.8 Å². The highest BCUT2D eigenvalue weighted by Gasteiger charge is 2.31. The molecule has 1 aromatic carbocycles. The number of phenolic OH excluding ortho intramolecular Hbond substituents is 1. The average Bonchev–Trinajstić information content (AvgIpc) is 2.56. The molecule has 0 amide bonds. The maximum absolute atomic E-state index is 11.1. The van der Waals surface area contributed by atoms with Crippen LogP contribution in [0.1, 0.15) is 50.0 Å². The first-order valence-corrected chi connectivity index (χ1v) is 8.39. The monoisotopic (exact) mass is 303 g/mol. The molecule has 2 fully saturated rings. The lowest BCUT2D eigenvalue weighted by atomic mass is 9.80. The molecule has 1 heterocycles. The first kappa shape index (κ1) is 15.3. The molecular weight excluding hydrogens is 278 g/mol. The van der Waals surface area contributed by atoms with Gasteiger partial charge in [0.15, 0.2) is 0 Å². The zero-order valence-electron chi connectivity index (χ0n) is 12.9. The molecule has 0 bridgehead atoms. The molecule has 120 valence electrons. The maximum Gasteiger partial charge on any atom is 0.306 e. The summed E-state index contributed by atoms with van der Waals surface area (Å²) in [4.78, 5) is 13.6. The third-order valence-electron chi connectivity index (χ3n) is 5.41. The van der Waals surface area contributed by atoms with Gasteiger partial charge in [-0.1, -0.05) is 18.6 Å². The van der Waals surface area contributed by atoms with Crippen LogP contribution in [0.15, 0.2) is 24.3 Å². The van der Waals surface area contributed by atoms with E-state index in [9.17, 15) is 9.90 Å². The van der Waals surface area contributed by atoms with Crippen LogP contribution in [0.25, 0.3) is 0 Å². The van der Waals surface area contributed by atoms with Crippen molar-refractivity contribution in [3.05, 3.63) is 29.8 Å². The number of aliphatic carboxylic acids is 1. The predicted molar refractivity (Wildman–Crippen MR) is 85.0 cm³/mol. The van der Waals surface area contributed by atoms with E-state index in [0.717, 1.165) is 32.4 Å². The van der Waals surface area contributed by atoms with Crippen LogP contribution < -0.4 is 0 Å². The number of rotatable bonds is 3. The zero-order chi connectivity index (χ0) is 15.5. The second-order valence-corrected chi connectivity index (χ2v) is 6.76. The van der Waals surface area contributed by atoms with Crippen molar-refractivity contribution < 1.29 is 15.0 Å². The average molecular weight is 303 g/mol. The molecule has 1 saturated carbocycles. The number of carboxylic acids is 1. The van der Waals surface area contributed by atoms with Crippen molar-refractivity contribution in [1.82, 2.24) is 4.90 Å². The molecule has 1 aliphatic heterocycles. The van der Waals surface area contributed by atoms with Crippen molar-refractivity contribution >= 4 is 5.97 Å². The SMILES string of the molecule is O=C(O)C1CCN(C2CCCC(c3ccc(O)cc3)C2)CC1. The molecule has 2 atom stereocenters. The Balaban J connectivity index is 1.59. The summed E-state index contributed by atoms with van der Waals surface area (Å²) in [5, 5.41) is 18.5. The van der Waals surface area contributed by atoms with Crippen LogP contribution in [0.5, 0.6) is 5.75 Å². The summed E-state index contributed by atoms with van der Waals surface area (Å²) in [6.07, 6.45) is 6.40. The number of piperidine rings is 1. The lowest BCUT2D eigenvalue weighted by Crippen LogP contribution is -2.44. The normalized spacial score (nSPS) is 27.6. The van der Waals surface area contributed by atoms with Crippen molar-refractivity contribution in [3.63, 3.8) is 0 Å². The molecule has 1 saturated heterocycles. The number of aromatic hydroxyl groups is 1. The Bertz CT molecular complexity index is 506. The highest BCUT2D eigenvalue weighted by molar-refractivity contribution is 5.70. The summed E-state index contributed by atoms with van der Waals surface area (Å²) in [6.45, 7) is 1.84. The number of carbonyl (C=O) groups is 1. The van der Waals surface area contributed by atoms with E-state index < -0.39 is 5.97 Å². The number of carboxylic acid groups (broad SMARTS) is 1. The molecule has 1 aromatic rings. The van der Waals surface area contributed by atoms with Crippen molar-refractivity contribution in [2.24, 2.45) is 5.92 Å². The van der Waals surface area contributed by atoms with E-state index >= 15 is 0 Å². The molecular formula is C18H25NO3. The third kappa shape index (κ3) is 3.43. The van der Waals surface area contributed by atoms with Crippen LogP contribution in [-0.4, -0.2) is 40.2 Å². The van der Waals surface area contributed by atoms with Gasteiger partial charge in [0.25, 0.3) is 0 Å².